The number of rotatable bonds is 7. The van der Waals surface area contributed by atoms with Gasteiger partial charge in [-0.05, 0) is 119 Å². The molecule has 0 unspecified atom stereocenters. The van der Waals surface area contributed by atoms with Crippen molar-refractivity contribution in [2.24, 2.45) is 0 Å². The summed E-state index contributed by atoms with van der Waals surface area (Å²) in [6.07, 6.45) is 0. The van der Waals surface area contributed by atoms with Gasteiger partial charge in [0.1, 0.15) is 0 Å². The Morgan fingerprint density at radius 2 is 0.817 bits per heavy atom. The molecule has 12 aromatic rings. The maximum atomic E-state index is 5.22. The van der Waals surface area contributed by atoms with Crippen LogP contribution in [0.25, 0.3) is 72.5 Å². The fraction of sp³-hybridized carbons (Fsp3) is 0.0154. The van der Waals surface area contributed by atoms with Crippen molar-refractivity contribution in [1.29, 1.82) is 0 Å². The Kier molecular flexibility index (Phi) is 9.46. The van der Waals surface area contributed by atoms with Gasteiger partial charge in [-0.2, -0.15) is 0 Å². The van der Waals surface area contributed by atoms with Crippen LogP contribution in [-0.2, 0) is 0 Å². The lowest BCUT2D eigenvalue weighted by atomic mass is 9.33. The number of aryl methyl sites for hydroxylation is 1. The lowest BCUT2D eigenvalue weighted by molar-refractivity contribution is 1.14. The van der Waals surface area contributed by atoms with E-state index in [0.717, 1.165) is 72.9 Å². The predicted octanol–water partition coefficient (Wildman–Crippen LogP) is 14.6. The van der Waals surface area contributed by atoms with E-state index in [-0.39, 0.29) is 6.71 Å². The summed E-state index contributed by atoms with van der Waals surface area (Å²) in [7, 11) is 0. The second kappa shape index (κ2) is 16.5. The lowest BCUT2D eigenvalue weighted by Crippen LogP contribution is -2.61. The number of para-hydroxylation sites is 5. The first kappa shape index (κ1) is 40.8. The van der Waals surface area contributed by atoms with Crippen molar-refractivity contribution in [3.63, 3.8) is 0 Å². The quantitative estimate of drug-likeness (QED) is 0.149. The summed E-state index contributed by atoms with van der Waals surface area (Å²) in [5, 5.41) is 2.39. The van der Waals surface area contributed by atoms with Crippen LogP contribution in [0.4, 0.5) is 34.1 Å². The first-order valence-corrected chi connectivity index (χ1v) is 24.4. The van der Waals surface area contributed by atoms with E-state index < -0.39 is 0 Å². The van der Waals surface area contributed by atoms with Gasteiger partial charge in [0.15, 0.2) is 5.82 Å². The van der Waals surface area contributed by atoms with Crippen LogP contribution in [0.15, 0.2) is 249 Å². The highest BCUT2D eigenvalue weighted by Gasteiger charge is 2.43. The molecule has 2 aromatic heterocycles. The molecule has 6 heteroatoms. The first-order valence-electron chi connectivity index (χ1n) is 24.4. The number of aromatic nitrogens is 3. The van der Waals surface area contributed by atoms with Crippen LogP contribution < -0.4 is 26.2 Å². The number of hydrogen-bond acceptors (Lipinski definition) is 4. The lowest BCUT2D eigenvalue weighted by Gasteiger charge is -2.44. The largest absolute Gasteiger partial charge is 0.311 e. The van der Waals surface area contributed by atoms with E-state index in [1.165, 1.54) is 49.9 Å². The van der Waals surface area contributed by atoms with Crippen molar-refractivity contribution >= 4 is 79.0 Å². The summed E-state index contributed by atoms with van der Waals surface area (Å²) in [6, 6.07) is 89.9. The molecule has 0 N–H and O–H groups in total. The Balaban J connectivity index is 0.969. The summed E-state index contributed by atoms with van der Waals surface area (Å²) in [5.41, 5.74) is 22.6. The SMILES string of the molecule is Cc1ccc(-c2nc(-c3ccccc3)cc(-c3ccccc3)n2)cc1-n1c2ccccc2c2cc(-c3cc4c5c(c3)N(c3ccccc3)c3ccccc3B5c3ccccc3N4c3ccccc3)ccc21. The first-order chi connectivity index (χ1) is 35.1. The van der Waals surface area contributed by atoms with Gasteiger partial charge in [-0.15, -0.1) is 0 Å². The Labute approximate surface area is 413 Å². The van der Waals surface area contributed by atoms with E-state index in [0.29, 0.717) is 5.82 Å². The maximum absolute atomic E-state index is 5.22. The third-order valence-corrected chi connectivity index (χ3v) is 14.5. The summed E-state index contributed by atoms with van der Waals surface area (Å²) in [5.74, 6) is 0.687. The van der Waals surface area contributed by atoms with Crippen molar-refractivity contribution in [3.8, 4) is 50.7 Å². The highest BCUT2D eigenvalue weighted by molar-refractivity contribution is 7.00. The Morgan fingerprint density at radius 3 is 1.41 bits per heavy atom. The summed E-state index contributed by atoms with van der Waals surface area (Å²) >= 11 is 0. The molecule has 2 aliphatic heterocycles. The molecule has 0 spiro atoms. The molecule has 14 rings (SSSR count). The zero-order valence-electron chi connectivity index (χ0n) is 39.0. The monoisotopic (exact) mass is 905 g/mol. The molecule has 0 fully saturated rings. The molecule has 0 aliphatic carbocycles. The third-order valence-electron chi connectivity index (χ3n) is 14.5. The van der Waals surface area contributed by atoms with Crippen LogP contribution in [0, 0.1) is 6.92 Å². The van der Waals surface area contributed by atoms with Crippen LogP contribution >= 0.6 is 0 Å². The van der Waals surface area contributed by atoms with Gasteiger partial charge in [-0.3, -0.25) is 0 Å². The van der Waals surface area contributed by atoms with Crippen LogP contribution in [0.2, 0.25) is 0 Å². The molecular formula is C65H44BN5. The van der Waals surface area contributed by atoms with Crippen molar-refractivity contribution in [1.82, 2.24) is 14.5 Å². The van der Waals surface area contributed by atoms with Gasteiger partial charge in [-0.25, -0.2) is 9.97 Å². The molecule has 0 saturated heterocycles. The van der Waals surface area contributed by atoms with Crippen molar-refractivity contribution < 1.29 is 0 Å². The van der Waals surface area contributed by atoms with E-state index in [9.17, 15) is 0 Å². The molecule has 0 bridgehead atoms. The van der Waals surface area contributed by atoms with Crippen molar-refractivity contribution in [2.45, 2.75) is 6.92 Å². The molecule has 2 aliphatic rings. The smallest absolute Gasteiger partial charge is 0.252 e. The molecule has 10 aromatic carbocycles. The third kappa shape index (κ3) is 6.64. The van der Waals surface area contributed by atoms with Gasteiger partial charge in [0.05, 0.1) is 22.4 Å². The van der Waals surface area contributed by atoms with Crippen LogP contribution in [0.5, 0.6) is 0 Å². The molecule has 0 atom stereocenters. The van der Waals surface area contributed by atoms with Gasteiger partial charge >= 0.3 is 0 Å². The second-order valence-electron chi connectivity index (χ2n) is 18.6. The minimum atomic E-state index is 0.0528. The zero-order chi connectivity index (χ0) is 47.0. The van der Waals surface area contributed by atoms with Gasteiger partial charge < -0.3 is 14.4 Å². The average Bonchev–Trinajstić information content (AvgIpc) is 3.77. The second-order valence-corrected chi connectivity index (χ2v) is 18.6. The highest BCUT2D eigenvalue weighted by Crippen LogP contribution is 2.47. The fourth-order valence-corrected chi connectivity index (χ4v) is 11.3. The van der Waals surface area contributed by atoms with Crippen LogP contribution in [0.1, 0.15) is 5.56 Å². The van der Waals surface area contributed by atoms with E-state index in [1.54, 1.807) is 0 Å². The average molecular weight is 906 g/mol. The van der Waals surface area contributed by atoms with Gasteiger partial charge in [0, 0.05) is 67.3 Å². The number of nitrogens with zero attached hydrogens (tertiary/aromatic N) is 5. The normalized spacial score (nSPS) is 12.5. The molecule has 332 valence electrons. The Hall–Kier alpha value is -9.26. The standard InChI is InChI=1S/C65H44BN5/c1-43-34-35-47(65-67-55(44-20-6-2-7-21-44)42-56(68-65)45-22-8-3-9-23-45)39-61(43)71-57-31-17-14-28-51(57)52-38-46(36-37-58(52)71)48-40-62-64-63(41-48)70(50-26-12-5-13-27-50)60-33-19-16-30-54(60)66(64)53-29-15-18-32-59(53)69(62)49-24-10-4-11-25-49/h2-42H,1H3. The molecule has 0 saturated carbocycles. The number of fused-ring (bicyclic) bond motifs is 7. The Bertz CT molecular complexity index is 3850. The van der Waals surface area contributed by atoms with E-state index in [4.69, 9.17) is 9.97 Å². The molecule has 5 nitrogen and oxygen atoms in total. The van der Waals surface area contributed by atoms with Gasteiger partial charge in [-0.1, -0.05) is 170 Å². The van der Waals surface area contributed by atoms with Gasteiger partial charge in [0.25, 0.3) is 6.71 Å². The Morgan fingerprint density at radius 1 is 0.338 bits per heavy atom. The minimum Gasteiger partial charge on any atom is -0.311 e. The summed E-state index contributed by atoms with van der Waals surface area (Å²) in [4.78, 5) is 15.4. The zero-order valence-corrected chi connectivity index (χ0v) is 39.0. The van der Waals surface area contributed by atoms with E-state index in [2.05, 4.69) is 258 Å². The number of anilines is 6. The topological polar surface area (TPSA) is 37.2 Å². The molecule has 0 radical (unpaired) electrons. The number of hydrogen-bond donors (Lipinski definition) is 0. The number of benzene rings is 10. The fourth-order valence-electron chi connectivity index (χ4n) is 11.3. The highest BCUT2D eigenvalue weighted by atomic mass is 15.2. The molecule has 4 heterocycles. The molecular weight excluding hydrogens is 862 g/mol. The summed E-state index contributed by atoms with van der Waals surface area (Å²) < 4.78 is 2.43. The van der Waals surface area contributed by atoms with Crippen molar-refractivity contribution in [3.05, 3.63) is 254 Å². The van der Waals surface area contributed by atoms with E-state index >= 15 is 0 Å². The minimum absolute atomic E-state index is 0.0528. The maximum Gasteiger partial charge on any atom is 0.252 e. The summed E-state index contributed by atoms with van der Waals surface area (Å²) in [6.45, 7) is 2.25. The van der Waals surface area contributed by atoms with Crippen LogP contribution in [-0.4, -0.2) is 21.2 Å². The molecule has 71 heavy (non-hydrogen) atoms. The van der Waals surface area contributed by atoms with Crippen LogP contribution in [0.3, 0.4) is 0 Å². The molecule has 0 amide bonds. The van der Waals surface area contributed by atoms with E-state index in [1.807, 2.05) is 12.1 Å². The predicted molar refractivity (Wildman–Crippen MR) is 297 cm³/mol. The van der Waals surface area contributed by atoms with Crippen molar-refractivity contribution in [2.75, 3.05) is 9.80 Å². The van der Waals surface area contributed by atoms with Gasteiger partial charge in [0.2, 0.25) is 0 Å².